The predicted molar refractivity (Wildman–Crippen MR) is 382 cm³/mol. The zero-order valence-electron chi connectivity index (χ0n) is 51.9. The van der Waals surface area contributed by atoms with E-state index in [0.717, 1.165) is 87.6 Å². The van der Waals surface area contributed by atoms with Gasteiger partial charge in [0.15, 0.2) is 0 Å². The van der Waals surface area contributed by atoms with Crippen molar-refractivity contribution in [3.63, 3.8) is 0 Å². The van der Waals surface area contributed by atoms with E-state index in [2.05, 4.69) is 59.4 Å². The Morgan fingerprint density at radius 2 is 0.639 bits per heavy atom. The van der Waals surface area contributed by atoms with E-state index in [1.54, 1.807) is 46.4 Å². The Balaban J connectivity index is 0.000000448. The van der Waals surface area contributed by atoms with Crippen LogP contribution in [0.1, 0.15) is 100 Å². The highest BCUT2D eigenvalue weighted by molar-refractivity contribution is 6.17. The van der Waals surface area contributed by atoms with Gasteiger partial charge in [0.05, 0.1) is 95.7 Å². The van der Waals surface area contributed by atoms with Crippen LogP contribution in [0.5, 0.6) is 0 Å². The SMILES string of the molecule is C.C.C.CC.CC.[C-]#[N+]c1c(-n2c3ccccc3c3ccccc32)c(C#N)c(-n2c3ccc(C(F)(F)F)cc3c3cc(C(F)(F)F)ccc32)c(-n2c3ccc(C)cc3c3cc(C(F)(F)F)ccc32)c1-n1c2ccc(C)cc2c2cc(C)ccc21.c1ccc2c(c1)Cc1ccccc1-2. The van der Waals surface area contributed by atoms with Gasteiger partial charge in [-0.05, 0) is 153 Å². The Labute approximate surface area is 556 Å². The second-order valence-electron chi connectivity index (χ2n) is 23.0. The minimum Gasteiger partial charge on any atom is -0.318 e. The molecule has 0 bridgehead atoms. The molecule has 6 nitrogen and oxygen atoms in total. The van der Waals surface area contributed by atoms with E-state index in [1.165, 1.54) is 32.9 Å². The fourth-order valence-corrected chi connectivity index (χ4v) is 13.7. The Morgan fingerprint density at radius 1 is 0.351 bits per heavy atom. The largest absolute Gasteiger partial charge is 0.416 e. The topological polar surface area (TPSA) is 47.9 Å². The molecule has 0 spiro atoms. The van der Waals surface area contributed by atoms with Gasteiger partial charge in [-0.2, -0.15) is 44.8 Å². The van der Waals surface area contributed by atoms with Gasteiger partial charge in [-0.15, -0.1) is 0 Å². The number of hydrogen-bond acceptors (Lipinski definition) is 1. The Bertz CT molecular complexity index is 5450. The first-order chi connectivity index (χ1) is 45.2. The molecule has 0 radical (unpaired) electrons. The molecule has 15 heteroatoms. The molecular weight excluding hydrogens is 1240 g/mol. The predicted octanol–water partition coefficient (Wildman–Crippen LogP) is 25.7. The monoisotopic (exact) mass is 1310 g/mol. The summed E-state index contributed by atoms with van der Waals surface area (Å²) in [6.45, 7) is 23.1. The first-order valence-electron chi connectivity index (χ1n) is 30.7. The van der Waals surface area contributed by atoms with Crippen LogP contribution in [0, 0.1) is 38.7 Å². The molecular formula is C82H69F9N6. The standard InChI is InChI=1S/C62H35F9N6.C13H10.2C2H6.3CH4/c1-32-13-19-49-40(25-32)41-26-33(2)14-20-50(41)76(49)58-55(73-4)56(74-47-11-7-5-9-38(47)39-10-6-8-12-48(39)74)46(31-72)57(59(58)77-51-21-15-34(3)27-42(51)43-28-35(60(63,64)65)18-24-54(43)77)75-52-22-16-36(61(66,67)68)29-44(52)45-30-37(62(69,70)71)17-23-53(45)75;1-3-7-12-10(5-1)9-11-6-2-4-8-13(11)12;2*1-2;;;/h5-30H,1-3H3;1-8H,9H2;2*1-2H3;3*1H4. The lowest BCUT2D eigenvalue weighted by Gasteiger charge is -2.27. The van der Waals surface area contributed by atoms with E-state index in [4.69, 9.17) is 0 Å². The lowest BCUT2D eigenvalue weighted by atomic mass is 10.0. The van der Waals surface area contributed by atoms with Crippen molar-refractivity contribution in [2.75, 3.05) is 0 Å². The number of nitrogens with zero attached hydrogens (tertiary/aromatic N) is 6. The first kappa shape index (κ1) is 68.8. The summed E-state index contributed by atoms with van der Waals surface area (Å²) in [7, 11) is 0. The quantitative estimate of drug-likeness (QED) is 0.128. The van der Waals surface area contributed by atoms with Crippen LogP contribution >= 0.6 is 0 Å². The molecule has 16 rings (SSSR count). The molecule has 1 aliphatic carbocycles. The van der Waals surface area contributed by atoms with E-state index in [0.29, 0.717) is 38.5 Å². The van der Waals surface area contributed by atoms with Gasteiger partial charge >= 0.3 is 18.5 Å². The second-order valence-corrected chi connectivity index (χ2v) is 23.0. The molecule has 0 aliphatic heterocycles. The molecule has 0 atom stereocenters. The van der Waals surface area contributed by atoms with Crippen LogP contribution in [0.2, 0.25) is 0 Å². The maximum atomic E-state index is 14.9. The Hall–Kier alpha value is -11.0. The highest BCUT2D eigenvalue weighted by Gasteiger charge is 2.38. The van der Waals surface area contributed by atoms with Crippen LogP contribution in [-0.2, 0) is 24.9 Å². The van der Waals surface area contributed by atoms with Gasteiger partial charge in [0, 0.05) is 43.1 Å². The minimum absolute atomic E-state index is 0. The minimum atomic E-state index is -4.94. The number of fused-ring (bicyclic) bond motifs is 15. The molecule has 0 amide bonds. The summed E-state index contributed by atoms with van der Waals surface area (Å²) in [5.41, 5.74) is 7.49. The molecule has 490 valence electrons. The number of para-hydroxylation sites is 2. The number of rotatable bonds is 4. The zero-order valence-corrected chi connectivity index (χ0v) is 51.9. The number of halogens is 9. The highest BCUT2D eigenvalue weighted by Crippen LogP contribution is 2.53. The van der Waals surface area contributed by atoms with Crippen molar-refractivity contribution in [3.8, 4) is 39.9 Å². The summed E-state index contributed by atoms with van der Waals surface area (Å²) < 4.78 is 140. The molecule has 0 unspecified atom stereocenters. The number of hydrogen-bond donors (Lipinski definition) is 0. The molecule has 1 aliphatic rings. The number of benzene rings is 11. The van der Waals surface area contributed by atoms with Gasteiger partial charge in [-0.3, -0.25) is 0 Å². The van der Waals surface area contributed by atoms with Crippen molar-refractivity contribution in [1.29, 1.82) is 5.26 Å². The van der Waals surface area contributed by atoms with E-state index < -0.39 is 35.2 Å². The molecule has 0 saturated carbocycles. The smallest absolute Gasteiger partial charge is 0.318 e. The summed E-state index contributed by atoms with van der Waals surface area (Å²) in [6, 6.07) is 60.0. The number of nitriles is 1. The molecule has 15 aromatic rings. The van der Waals surface area contributed by atoms with E-state index in [1.807, 2.05) is 119 Å². The summed E-state index contributed by atoms with van der Waals surface area (Å²) in [4.78, 5) is 4.40. The third kappa shape index (κ3) is 11.2. The van der Waals surface area contributed by atoms with Gasteiger partial charge in [-0.1, -0.05) is 170 Å². The Kier molecular flexibility index (Phi) is 18.4. The van der Waals surface area contributed by atoms with Gasteiger partial charge in [0.25, 0.3) is 0 Å². The fourth-order valence-electron chi connectivity index (χ4n) is 13.7. The zero-order chi connectivity index (χ0) is 66.4. The van der Waals surface area contributed by atoms with E-state index >= 15 is 0 Å². The second kappa shape index (κ2) is 25.9. The molecule has 0 saturated heterocycles. The number of alkyl halides is 9. The highest BCUT2D eigenvalue weighted by atomic mass is 19.4. The molecule has 11 aromatic carbocycles. The van der Waals surface area contributed by atoms with Crippen LogP contribution in [0.25, 0.3) is 126 Å². The van der Waals surface area contributed by atoms with Crippen molar-refractivity contribution < 1.29 is 39.5 Å². The van der Waals surface area contributed by atoms with Gasteiger partial charge in [-0.25, -0.2) is 4.85 Å². The number of aromatic nitrogens is 4. The lowest BCUT2D eigenvalue weighted by molar-refractivity contribution is -0.138. The summed E-state index contributed by atoms with van der Waals surface area (Å²) in [5, 5.41) is 15.3. The van der Waals surface area contributed by atoms with E-state index in [9.17, 15) is 51.3 Å². The van der Waals surface area contributed by atoms with Crippen LogP contribution in [-0.4, -0.2) is 18.3 Å². The fraction of sp³-hybridized carbons (Fsp3) is 0.171. The van der Waals surface area contributed by atoms with Crippen molar-refractivity contribution in [2.24, 2.45) is 0 Å². The third-order valence-electron chi connectivity index (χ3n) is 17.5. The lowest BCUT2D eigenvalue weighted by Crippen LogP contribution is -2.15. The van der Waals surface area contributed by atoms with Crippen molar-refractivity contribution in [3.05, 3.63) is 268 Å². The molecule has 0 fully saturated rings. The summed E-state index contributed by atoms with van der Waals surface area (Å²) >= 11 is 0. The third-order valence-corrected chi connectivity index (χ3v) is 17.5. The maximum absolute atomic E-state index is 14.9. The van der Waals surface area contributed by atoms with Crippen molar-refractivity contribution in [1.82, 2.24) is 18.3 Å². The van der Waals surface area contributed by atoms with Crippen LogP contribution in [0.4, 0.5) is 45.2 Å². The average molecular weight is 1310 g/mol. The normalized spacial score (nSPS) is 11.8. The van der Waals surface area contributed by atoms with Crippen molar-refractivity contribution >= 4 is 92.9 Å². The Morgan fingerprint density at radius 3 is 0.990 bits per heavy atom. The van der Waals surface area contributed by atoms with Crippen LogP contribution in [0.3, 0.4) is 0 Å². The molecule has 4 aromatic heterocycles. The molecule has 4 heterocycles. The number of aryl methyl sites for hydroxylation is 3. The van der Waals surface area contributed by atoms with Gasteiger partial charge in [0.2, 0.25) is 5.69 Å². The summed E-state index contributed by atoms with van der Waals surface area (Å²) in [6.07, 6.45) is -13.6. The maximum Gasteiger partial charge on any atom is 0.416 e. The van der Waals surface area contributed by atoms with Crippen LogP contribution < -0.4 is 0 Å². The van der Waals surface area contributed by atoms with Gasteiger partial charge in [0.1, 0.15) is 6.07 Å². The van der Waals surface area contributed by atoms with Crippen molar-refractivity contribution in [2.45, 2.75) is 95.7 Å². The van der Waals surface area contributed by atoms with Gasteiger partial charge < -0.3 is 18.3 Å². The van der Waals surface area contributed by atoms with Crippen LogP contribution in [0.15, 0.2) is 206 Å². The average Bonchev–Trinajstić information content (AvgIpc) is 1.60. The molecule has 97 heavy (non-hydrogen) atoms. The molecule has 0 N–H and O–H groups in total. The summed E-state index contributed by atoms with van der Waals surface area (Å²) in [5.74, 6) is 0. The first-order valence-corrected chi connectivity index (χ1v) is 30.7. The van der Waals surface area contributed by atoms with E-state index in [-0.39, 0.29) is 89.0 Å².